The van der Waals surface area contributed by atoms with E-state index >= 15 is 0 Å². The molecule has 2 rings (SSSR count). The molecule has 1 unspecified atom stereocenters. The van der Waals surface area contributed by atoms with E-state index < -0.39 is 0 Å². The van der Waals surface area contributed by atoms with E-state index in [1.807, 2.05) is 0 Å². The average Bonchev–Trinajstić information content (AvgIpc) is 2.85. The van der Waals surface area contributed by atoms with Crippen molar-refractivity contribution in [2.24, 2.45) is 0 Å². The number of likely N-dealkylation sites (N-methyl/N-ethyl adjacent to an activating group) is 1. The van der Waals surface area contributed by atoms with Crippen LogP contribution in [-0.2, 0) is 4.79 Å². The van der Waals surface area contributed by atoms with Crippen molar-refractivity contribution in [3.8, 4) is 0 Å². The predicted octanol–water partition coefficient (Wildman–Crippen LogP) is 1.54. The summed E-state index contributed by atoms with van der Waals surface area (Å²) in [6, 6.07) is 4.85. The second kappa shape index (κ2) is 5.69. The van der Waals surface area contributed by atoms with Crippen molar-refractivity contribution in [2.75, 3.05) is 20.6 Å². The molecule has 1 aliphatic rings. The molecule has 1 aromatic rings. The van der Waals surface area contributed by atoms with Gasteiger partial charge in [-0.05, 0) is 40.9 Å². The van der Waals surface area contributed by atoms with E-state index in [1.165, 1.54) is 4.90 Å². The standard InChI is InChI=1S/C13H16BrN3O2/c1-16(2)13(19)10-6-4-8-17(10)12(18)9-5-3-7-11(14)15-9/h3,5,7,10H,4,6,8H2,1-2H3. The quantitative estimate of drug-likeness (QED) is 0.775. The molecule has 1 saturated heterocycles. The van der Waals surface area contributed by atoms with Gasteiger partial charge in [-0.3, -0.25) is 9.59 Å². The number of halogens is 1. The highest BCUT2D eigenvalue weighted by Crippen LogP contribution is 2.21. The van der Waals surface area contributed by atoms with Gasteiger partial charge in [0.05, 0.1) is 0 Å². The fraction of sp³-hybridized carbons (Fsp3) is 0.462. The minimum atomic E-state index is -0.358. The van der Waals surface area contributed by atoms with Crippen LogP contribution in [0.3, 0.4) is 0 Å². The highest BCUT2D eigenvalue weighted by Gasteiger charge is 2.35. The van der Waals surface area contributed by atoms with Gasteiger partial charge in [0.2, 0.25) is 5.91 Å². The van der Waals surface area contributed by atoms with Crippen LogP contribution in [-0.4, -0.2) is 53.3 Å². The molecule has 19 heavy (non-hydrogen) atoms. The molecule has 5 nitrogen and oxygen atoms in total. The smallest absolute Gasteiger partial charge is 0.273 e. The average molecular weight is 326 g/mol. The number of rotatable bonds is 2. The Kier molecular flexibility index (Phi) is 4.19. The molecule has 1 aromatic heterocycles. The fourth-order valence-electron chi connectivity index (χ4n) is 2.24. The molecule has 2 amide bonds. The van der Waals surface area contributed by atoms with Crippen LogP contribution in [0.1, 0.15) is 23.3 Å². The summed E-state index contributed by atoms with van der Waals surface area (Å²) in [4.78, 5) is 31.8. The van der Waals surface area contributed by atoms with E-state index in [9.17, 15) is 9.59 Å². The second-order valence-corrected chi connectivity index (χ2v) is 5.55. The molecule has 0 radical (unpaired) electrons. The molecule has 0 bridgehead atoms. The Hall–Kier alpha value is -1.43. The van der Waals surface area contributed by atoms with Crippen LogP contribution in [0, 0.1) is 0 Å². The summed E-state index contributed by atoms with van der Waals surface area (Å²) in [6.45, 7) is 0.608. The molecule has 0 aromatic carbocycles. The van der Waals surface area contributed by atoms with Crippen molar-refractivity contribution >= 4 is 27.7 Å². The molecule has 2 heterocycles. The zero-order valence-electron chi connectivity index (χ0n) is 11.0. The topological polar surface area (TPSA) is 53.5 Å². The Balaban J connectivity index is 2.21. The van der Waals surface area contributed by atoms with Gasteiger partial charge in [-0.15, -0.1) is 0 Å². The molecule has 1 aliphatic heterocycles. The first-order chi connectivity index (χ1) is 9.00. The van der Waals surface area contributed by atoms with Crippen LogP contribution >= 0.6 is 15.9 Å². The number of nitrogens with zero attached hydrogens (tertiary/aromatic N) is 3. The highest BCUT2D eigenvalue weighted by atomic mass is 79.9. The van der Waals surface area contributed by atoms with Crippen molar-refractivity contribution in [3.63, 3.8) is 0 Å². The van der Waals surface area contributed by atoms with Crippen molar-refractivity contribution in [2.45, 2.75) is 18.9 Å². The molecule has 0 spiro atoms. The molecule has 1 atom stereocenters. The van der Waals surface area contributed by atoms with Crippen molar-refractivity contribution in [1.29, 1.82) is 0 Å². The maximum absolute atomic E-state index is 12.4. The number of pyridine rings is 1. The van der Waals surface area contributed by atoms with Gasteiger partial charge in [0.15, 0.2) is 0 Å². The molecule has 6 heteroatoms. The van der Waals surface area contributed by atoms with Gasteiger partial charge in [-0.25, -0.2) is 4.98 Å². The molecule has 1 fully saturated rings. The number of hydrogen-bond acceptors (Lipinski definition) is 3. The normalized spacial score (nSPS) is 18.5. The van der Waals surface area contributed by atoms with E-state index in [4.69, 9.17) is 0 Å². The molecule has 0 aliphatic carbocycles. The number of hydrogen-bond donors (Lipinski definition) is 0. The SMILES string of the molecule is CN(C)C(=O)C1CCCN1C(=O)c1cccc(Br)n1. The lowest BCUT2D eigenvalue weighted by Crippen LogP contribution is -2.45. The van der Waals surface area contributed by atoms with Crippen LogP contribution in [0.25, 0.3) is 0 Å². The third-order valence-electron chi connectivity index (χ3n) is 3.17. The summed E-state index contributed by atoms with van der Waals surface area (Å²) in [5.41, 5.74) is 0.368. The largest absolute Gasteiger partial charge is 0.347 e. The van der Waals surface area contributed by atoms with Gasteiger partial charge in [0.1, 0.15) is 16.3 Å². The van der Waals surface area contributed by atoms with Gasteiger partial charge < -0.3 is 9.80 Å². The lowest BCUT2D eigenvalue weighted by atomic mass is 10.2. The van der Waals surface area contributed by atoms with E-state index in [2.05, 4.69) is 20.9 Å². The molecule has 0 N–H and O–H groups in total. The highest BCUT2D eigenvalue weighted by molar-refractivity contribution is 9.10. The second-order valence-electron chi connectivity index (χ2n) is 4.73. The predicted molar refractivity (Wildman–Crippen MR) is 74.7 cm³/mol. The Labute approximate surface area is 120 Å². The van der Waals surface area contributed by atoms with Gasteiger partial charge in [0.25, 0.3) is 5.91 Å². The number of aromatic nitrogens is 1. The summed E-state index contributed by atoms with van der Waals surface area (Å²) in [5.74, 6) is -0.208. The van der Waals surface area contributed by atoms with Crippen molar-refractivity contribution < 1.29 is 9.59 Å². The lowest BCUT2D eigenvalue weighted by Gasteiger charge is -2.25. The number of likely N-dealkylation sites (tertiary alicyclic amines) is 1. The molecule has 102 valence electrons. The Bertz CT molecular complexity index is 504. The van der Waals surface area contributed by atoms with E-state index in [-0.39, 0.29) is 17.9 Å². The fourth-order valence-corrected chi connectivity index (χ4v) is 2.58. The van der Waals surface area contributed by atoms with Crippen LogP contribution in [0.2, 0.25) is 0 Å². The monoisotopic (exact) mass is 325 g/mol. The first kappa shape index (κ1) is 14.0. The summed E-state index contributed by atoms with van der Waals surface area (Å²) < 4.78 is 0.619. The van der Waals surface area contributed by atoms with Gasteiger partial charge in [-0.1, -0.05) is 6.07 Å². The zero-order valence-corrected chi connectivity index (χ0v) is 12.6. The Morgan fingerprint density at radius 3 is 2.79 bits per heavy atom. The summed E-state index contributed by atoms with van der Waals surface area (Å²) >= 11 is 3.25. The maximum atomic E-state index is 12.4. The third kappa shape index (κ3) is 2.94. The first-order valence-electron chi connectivity index (χ1n) is 6.15. The van der Waals surface area contributed by atoms with Gasteiger partial charge in [0, 0.05) is 20.6 Å². The van der Waals surface area contributed by atoms with E-state index in [1.54, 1.807) is 37.2 Å². The molecular formula is C13H16BrN3O2. The summed E-state index contributed by atoms with van der Waals surface area (Å²) in [6.07, 6.45) is 1.57. The van der Waals surface area contributed by atoms with Gasteiger partial charge >= 0.3 is 0 Å². The third-order valence-corrected chi connectivity index (χ3v) is 3.62. The van der Waals surface area contributed by atoms with Crippen LogP contribution in [0.5, 0.6) is 0 Å². The zero-order chi connectivity index (χ0) is 14.0. The minimum Gasteiger partial charge on any atom is -0.347 e. The van der Waals surface area contributed by atoms with Crippen molar-refractivity contribution in [3.05, 3.63) is 28.5 Å². The summed E-state index contributed by atoms with van der Waals surface area (Å²) in [5, 5.41) is 0. The summed E-state index contributed by atoms with van der Waals surface area (Å²) in [7, 11) is 3.42. The molecular weight excluding hydrogens is 310 g/mol. The Morgan fingerprint density at radius 1 is 1.42 bits per heavy atom. The van der Waals surface area contributed by atoms with E-state index in [0.717, 1.165) is 12.8 Å². The first-order valence-corrected chi connectivity index (χ1v) is 6.94. The van der Waals surface area contributed by atoms with Crippen LogP contribution < -0.4 is 0 Å². The minimum absolute atomic E-state index is 0.0270. The maximum Gasteiger partial charge on any atom is 0.273 e. The number of carbonyl (C=O) groups is 2. The van der Waals surface area contributed by atoms with Gasteiger partial charge in [-0.2, -0.15) is 0 Å². The van der Waals surface area contributed by atoms with Crippen LogP contribution in [0.15, 0.2) is 22.8 Å². The van der Waals surface area contributed by atoms with Crippen LogP contribution in [0.4, 0.5) is 0 Å². The van der Waals surface area contributed by atoms with E-state index in [0.29, 0.717) is 16.8 Å². The number of amides is 2. The van der Waals surface area contributed by atoms with Crippen molar-refractivity contribution in [1.82, 2.24) is 14.8 Å². The molecule has 0 saturated carbocycles. The number of carbonyl (C=O) groups excluding carboxylic acids is 2. The lowest BCUT2D eigenvalue weighted by molar-refractivity contribution is -0.132. The Morgan fingerprint density at radius 2 is 2.16 bits per heavy atom.